The van der Waals surface area contributed by atoms with E-state index in [1.807, 2.05) is 6.92 Å². The highest BCUT2D eigenvalue weighted by molar-refractivity contribution is 5.25. The maximum Gasteiger partial charge on any atom is 0.306 e. The lowest BCUT2D eigenvalue weighted by molar-refractivity contribution is -0.0156. The van der Waals surface area contributed by atoms with Crippen molar-refractivity contribution in [2.24, 2.45) is 5.73 Å². The third kappa shape index (κ3) is 2.49. The zero-order valence-corrected chi connectivity index (χ0v) is 7.72. The number of aryl methyl sites for hydroxylation is 1. The van der Waals surface area contributed by atoms with Gasteiger partial charge in [0.05, 0.1) is 5.92 Å². The van der Waals surface area contributed by atoms with Crippen LogP contribution in [0.15, 0.2) is 24.3 Å². The average Bonchev–Trinajstić information content (AvgIpc) is 2.03. The number of nitrogens with two attached hydrogens (primary N) is 1. The van der Waals surface area contributed by atoms with E-state index in [0.717, 1.165) is 5.56 Å². The molecule has 0 fully saturated rings. The third-order valence-corrected chi connectivity index (χ3v) is 2.15. The van der Waals surface area contributed by atoms with E-state index in [2.05, 4.69) is 0 Å². The van der Waals surface area contributed by atoms with E-state index in [1.165, 1.54) is 6.92 Å². The summed E-state index contributed by atoms with van der Waals surface area (Å²) in [5.74, 6) is -0.937. The van der Waals surface area contributed by atoms with Crippen LogP contribution < -0.4 is 5.73 Å². The van der Waals surface area contributed by atoms with Gasteiger partial charge < -0.3 is 0 Å². The Bertz CT molecular complexity index is 274. The molecule has 1 rings (SSSR count). The average molecular weight is 185 g/mol. The van der Waals surface area contributed by atoms with Gasteiger partial charge in [0.1, 0.15) is 0 Å². The Morgan fingerprint density at radius 2 is 1.69 bits per heavy atom. The molecule has 0 aromatic heterocycles. The quantitative estimate of drug-likeness (QED) is 0.704. The molecule has 72 valence electrons. The van der Waals surface area contributed by atoms with E-state index in [4.69, 9.17) is 5.73 Å². The molecule has 0 aliphatic rings. The molecule has 0 radical (unpaired) electrons. The van der Waals surface area contributed by atoms with Crippen LogP contribution in [0.2, 0.25) is 0 Å². The van der Waals surface area contributed by atoms with Gasteiger partial charge in [0.25, 0.3) is 0 Å². The number of hydrogen-bond acceptors (Lipinski definition) is 1. The van der Waals surface area contributed by atoms with Crippen molar-refractivity contribution >= 4 is 0 Å². The second-order valence-electron chi connectivity index (χ2n) is 3.31. The zero-order chi connectivity index (χ0) is 10.1. The van der Waals surface area contributed by atoms with Crippen LogP contribution in [0, 0.1) is 6.92 Å². The van der Waals surface area contributed by atoms with E-state index in [1.54, 1.807) is 24.3 Å². The number of halogens is 2. The normalized spacial score (nSPS) is 14.2. The maximum atomic E-state index is 12.7. The summed E-state index contributed by atoms with van der Waals surface area (Å²) in [6.07, 6.45) is 0. The van der Waals surface area contributed by atoms with Crippen LogP contribution in [0.5, 0.6) is 0 Å². The lowest BCUT2D eigenvalue weighted by atomic mass is 9.98. The minimum Gasteiger partial charge on any atom is -0.272 e. The highest BCUT2D eigenvalue weighted by Crippen LogP contribution is 2.28. The van der Waals surface area contributed by atoms with Crippen molar-refractivity contribution in [3.8, 4) is 0 Å². The summed E-state index contributed by atoms with van der Waals surface area (Å²) < 4.78 is 25.4. The number of rotatable bonds is 2. The summed E-state index contributed by atoms with van der Waals surface area (Å²) in [6.45, 7) is 3.33. The van der Waals surface area contributed by atoms with E-state index in [9.17, 15) is 8.78 Å². The van der Waals surface area contributed by atoms with Gasteiger partial charge in [0.2, 0.25) is 0 Å². The van der Waals surface area contributed by atoms with E-state index < -0.39 is 12.0 Å². The third-order valence-electron chi connectivity index (χ3n) is 2.15. The minimum absolute atomic E-state index is 0.568. The molecule has 13 heavy (non-hydrogen) atoms. The van der Waals surface area contributed by atoms with E-state index >= 15 is 0 Å². The molecule has 0 spiro atoms. The van der Waals surface area contributed by atoms with Crippen molar-refractivity contribution in [3.63, 3.8) is 0 Å². The van der Waals surface area contributed by atoms with Gasteiger partial charge in [-0.15, -0.1) is 0 Å². The molecule has 1 nitrogen and oxygen atoms in total. The van der Waals surface area contributed by atoms with Gasteiger partial charge in [-0.3, -0.25) is 5.73 Å². The highest BCUT2D eigenvalue weighted by Gasteiger charge is 2.31. The van der Waals surface area contributed by atoms with Crippen molar-refractivity contribution in [2.75, 3.05) is 0 Å². The SMILES string of the molecule is Cc1ccc(C(C)C(N)(F)F)cc1. The summed E-state index contributed by atoms with van der Waals surface area (Å²) in [4.78, 5) is 0. The van der Waals surface area contributed by atoms with E-state index in [-0.39, 0.29) is 0 Å². The van der Waals surface area contributed by atoms with Crippen molar-refractivity contribution < 1.29 is 8.78 Å². The molecule has 0 saturated heterocycles. The van der Waals surface area contributed by atoms with Crippen LogP contribution in [0.4, 0.5) is 8.78 Å². The number of alkyl halides is 2. The molecule has 0 aliphatic carbocycles. The molecule has 0 bridgehead atoms. The first-order valence-electron chi connectivity index (χ1n) is 4.14. The summed E-state index contributed by atoms with van der Waals surface area (Å²) in [7, 11) is 0. The summed E-state index contributed by atoms with van der Waals surface area (Å²) in [6, 6.07) is 3.83. The van der Waals surface area contributed by atoms with E-state index in [0.29, 0.717) is 5.56 Å². The number of benzene rings is 1. The Morgan fingerprint density at radius 3 is 2.08 bits per heavy atom. The highest BCUT2D eigenvalue weighted by atomic mass is 19.3. The Labute approximate surface area is 76.6 Å². The second-order valence-corrected chi connectivity index (χ2v) is 3.31. The largest absolute Gasteiger partial charge is 0.306 e. The summed E-state index contributed by atoms with van der Waals surface area (Å²) in [5.41, 5.74) is 6.34. The summed E-state index contributed by atoms with van der Waals surface area (Å²) >= 11 is 0. The lowest BCUT2D eigenvalue weighted by Crippen LogP contribution is -2.34. The standard InChI is InChI=1S/C10H13F2N/c1-7-3-5-9(6-4-7)8(2)10(11,12)13/h3-6,8H,13H2,1-2H3. The molecule has 1 unspecified atom stereocenters. The van der Waals surface area contributed by atoms with Crippen molar-refractivity contribution in [1.29, 1.82) is 0 Å². The molecular formula is C10H13F2N. The monoisotopic (exact) mass is 185 g/mol. The first kappa shape index (κ1) is 10.1. The molecular weight excluding hydrogens is 172 g/mol. The van der Waals surface area contributed by atoms with Gasteiger partial charge in [0.15, 0.2) is 0 Å². The van der Waals surface area contributed by atoms with Crippen LogP contribution in [-0.4, -0.2) is 6.05 Å². The van der Waals surface area contributed by atoms with Gasteiger partial charge in [-0.2, -0.15) is 8.78 Å². The molecule has 0 saturated carbocycles. The predicted molar refractivity (Wildman–Crippen MR) is 48.7 cm³/mol. The topological polar surface area (TPSA) is 26.0 Å². The Hall–Kier alpha value is -0.960. The zero-order valence-electron chi connectivity index (χ0n) is 7.72. The van der Waals surface area contributed by atoms with Crippen LogP contribution in [0.25, 0.3) is 0 Å². The first-order chi connectivity index (χ1) is 5.91. The molecule has 0 aliphatic heterocycles. The van der Waals surface area contributed by atoms with Crippen LogP contribution in [-0.2, 0) is 0 Å². The van der Waals surface area contributed by atoms with Gasteiger partial charge in [-0.1, -0.05) is 36.8 Å². The van der Waals surface area contributed by atoms with Crippen molar-refractivity contribution in [3.05, 3.63) is 35.4 Å². The smallest absolute Gasteiger partial charge is 0.272 e. The van der Waals surface area contributed by atoms with Crippen molar-refractivity contribution in [2.45, 2.75) is 25.8 Å². The van der Waals surface area contributed by atoms with Crippen LogP contribution in [0.1, 0.15) is 24.0 Å². The predicted octanol–water partition coefficient (Wildman–Crippen LogP) is 2.65. The van der Waals surface area contributed by atoms with Crippen LogP contribution >= 0.6 is 0 Å². The van der Waals surface area contributed by atoms with Gasteiger partial charge >= 0.3 is 6.05 Å². The minimum atomic E-state index is -3.14. The second kappa shape index (κ2) is 3.42. The molecule has 0 heterocycles. The molecule has 3 heteroatoms. The summed E-state index contributed by atoms with van der Waals surface area (Å²) in [5, 5.41) is 0. The van der Waals surface area contributed by atoms with Crippen molar-refractivity contribution in [1.82, 2.24) is 0 Å². The molecule has 1 aromatic rings. The Kier molecular flexibility index (Phi) is 2.66. The van der Waals surface area contributed by atoms with Gasteiger partial charge in [0, 0.05) is 0 Å². The molecule has 0 amide bonds. The molecule has 1 aromatic carbocycles. The lowest BCUT2D eigenvalue weighted by Gasteiger charge is -2.19. The fourth-order valence-corrected chi connectivity index (χ4v) is 1.08. The Morgan fingerprint density at radius 1 is 1.23 bits per heavy atom. The maximum absolute atomic E-state index is 12.7. The number of hydrogen-bond donors (Lipinski definition) is 1. The molecule has 1 atom stereocenters. The van der Waals surface area contributed by atoms with Gasteiger partial charge in [-0.25, -0.2) is 0 Å². The van der Waals surface area contributed by atoms with Crippen LogP contribution in [0.3, 0.4) is 0 Å². The fourth-order valence-electron chi connectivity index (χ4n) is 1.08. The first-order valence-corrected chi connectivity index (χ1v) is 4.14. The van der Waals surface area contributed by atoms with Gasteiger partial charge in [-0.05, 0) is 12.5 Å². The fraction of sp³-hybridized carbons (Fsp3) is 0.400. The molecule has 2 N–H and O–H groups in total. The Balaban J connectivity index is 2.90.